The summed E-state index contributed by atoms with van der Waals surface area (Å²) >= 11 is 0. The summed E-state index contributed by atoms with van der Waals surface area (Å²) in [5, 5.41) is 18.9. The minimum atomic E-state index is -0.122. The molecule has 0 aliphatic rings. The maximum atomic E-state index is 11.6. The minimum Gasteiger partial charge on any atom is -0.507 e. The van der Waals surface area contributed by atoms with E-state index in [-0.39, 0.29) is 11.5 Å². The highest BCUT2D eigenvalue weighted by Gasteiger charge is 2.15. The Morgan fingerprint density at radius 2 is 1.57 bits per heavy atom. The van der Waals surface area contributed by atoms with Crippen molar-refractivity contribution in [2.75, 3.05) is 6.61 Å². The van der Waals surface area contributed by atoms with E-state index in [1.54, 1.807) is 6.07 Å². The molecule has 0 aliphatic carbocycles. The molecule has 0 bridgehead atoms. The van der Waals surface area contributed by atoms with Crippen LogP contribution in [0.3, 0.4) is 0 Å². The number of phenolic OH excluding ortho intramolecular Hbond substituents is 1. The summed E-state index contributed by atoms with van der Waals surface area (Å²) in [6.07, 6.45) is 14.3. The molecule has 0 spiro atoms. The van der Waals surface area contributed by atoms with E-state index in [1.165, 1.54) is 51.9 Å². The molecule has 0 saturated heterocycles. The maximum Gasteiger partial charge on any atom is 0.163 e. The molecule has 4 heteroatoms. The molecule has 1 aromatic rings. The van der Waals surface area contributed by atoms with Crippen molar-refractivity contribution in [1.82, 2.24) is 0 Å². The zero-order valence-corrected chi connectivity index (χ0v) is 17.8. The first-order chi connectivity index (χ1) is 13.6. The molecule has 0 atom stereocenters. The van der Waals surface area contributed by atoms with Crippen LogP contribution in [0.15, 0.2) is 12.1 Å². The largest absolute Gasteiger partial charge is 0.507 e. The molecule has 0 aromatic heterocycles. The van der Waals surface area contributed by atoms with Crippen molar-refractivity contribution in [3.8, 4) is 17.6 Å². The molecule has 0 amide bonds. The van der Waals surface area contributed by atoms with Gasteiger partial charge in [0.15, 0.2) is 5.78 Å². The number of aromatic hydroxyl groups is 1. The van der Waals surface area contributed by atoms with Gasteiger partial charge in [0.2, 0.25) is 0 Å². The summed E-state index contributed by atoms with van der Waals surface area (Å²) in [5.41, 5.74) is 1.13. The monoisotopic (exact) mass is 387 g/mol. The number of ether oxygens (including phenoxy) is 1. The number of unbranched alkanes of at least 4 members (excludes halogenated alkanes) is 10. The van der Waals surface area contributed by atoms with Crippen molar-refractivity contribution >= 4 is 5.78 Å². The summed E-state index contributed by atoms with van der Waals surface area (Å²) in [5.74, 6) is 0.670. The van der Waals surface area contributed by atoms with Crippen molar-refractivity contribution in [3.05, 3.63) is 23.3 Å². The molecule has 0 aliphatic heterocycles. The second-order valence-corrected chi connectivity index (χ2v) is 7.54. The number of hydrogen-bond acceptors (Lipinski definition) is 4. The van der Waals surface area contributed by atoms with Gasteiger partial charge in [-0.05, 0) is 38.3 Å². The van der Waals surface area contributed by atoms with E-state index in [9.17, 15) is 9.90 Å². The van der Waals surface area contributed by atoms with E-state index >= 15 is 0 Å². The van der Waals surface area contributed by atoms with Gasteiger partial charge in [-0.25, -0.2) is 0 Å². The molecule has 4 nitrogen and oxygen atoms in total. The molecule has 0 radical (unpaired) electrons. The SMILES string of the molecule is CCCc1c(OCCCCCCCCCCCCC#N)ccc(C(C)=O)c1O. The lowest BCUT2D eigenvalue weighted by Crippen LogP contribution is -2.03. The minimum absolute atomic E-state index is 0.0828. The Kier molecular flexibility index (Phi) is 12.8. The third-order valence-corrected chi connectivity index (χ3v) is 5.06. The zero-order valence-electron chi connectivity index (χ0n) is 17.8. The van der Waals surface area contributed by atoms with Crippen molar-refractivity contribution < 1.29 is 14.6 Å². The van der Waals surface area contributed by atoms with E-state index in [2.05, 4.69) is 13.0 Å². The van der Waals surface area contributed by atoms with E-state index in [4.69, 9.17) is 10.00 Å². The topological polar surface area (TPSA) is 70.3 Å². The number of nitriles is 1. The number of ketones is 1. The zero-order chi connectivity index (χ0) is 20.6. The summed E-state index contributed by atoms with van der Waals surface area (Å²) in [6, 6.07) is 5.67. The van der Waals surface area contributed by atoms with Crippen LogP contribution in [0.25, 0.3) is 0 Å². The van der Waals surface area contributed by atoms with Crippen molar-refractivity contribution in [1.29, 1.82) is 5.26 Å². The van der Waals surface area contributed by atoms with Crippen LogP contribution >= 0.6 is 0 Å². The lowest BCUT2D eigenvalue weighted by Gasteiger charge is -2.14. The Bertz CT molecular complexity index is 619. The highest BCUT2D eigenvalue weighted by molar-refractivity contribution is 5.97. The van der Waals surface area contributed by atoms with Crippen LogP contribution in [0.5, 0.6) is 11.5 Å². The van der Waals surface area contributed by atoms with E-state index < -0.39 is 0 Å². The first kappa shape index (κ1) is 24.0. The Morgan fingerprint density at radius 3 is 2.11 bits per heavy atom. The fraction of sp³-hybridized carbons (Fsp3) is 0.667. The fourth-order valence-corrected chi connectivity index (χ4v) is 3.43. The number of Topliss-reactive ketones (excluding diaryl/α,β-unsaturated/α-hetero) is 1. The van der Waals surface area contributed by atoms with Gasteiger partial charge < -0.3 is 9.84 Å². The predicted molar refractivity (Wildman–Crippen MR) is 114 cm³/mol. The van der Waals surface area contributed by atoms with Crippen LogP contribution in [-0.4, -0.2) is 17.5 Å². The molecule has 1 aromatic carbocycles. The van der Waals surface area contributed by atoms with Gasteiger partial charge in [0.05, 0.1) is 18.2 Å². The van der Waals surface area contributed by atoms with Crippen LogP contribution in [0.1, 0.15) is 107 Å². The van der Waals surface area contributed by atoms with Gasteiger partial charge in [0.1, 0.15) is 11.5 Å². The van der Waals surface area contributed by atoms with Crippen LogP contribution in [-0.2, 0) is 6.42 Å². The number of phenols is 1. The van der Waals surface area contributed by atoms with Crippen LogP contribution in [0.4, 0.5) is 0 Å². The molecule has 156 valence electrons. The summed E-state index contributed by atoms with van der Waals surface area (Å²) in [6.45, 7) is 4.17. The number of benzene rings is 1. The standard InChI is InChI=1S/C24H37NO3/c1-3-15-22-23(17-16-21(20(2)26)24(22)27)28-19-14-12-10-8-6-4-5-7-9-11-13-18-25/h16-17,27H,3-15,19H2,1-2H3. The number of nitrogens with zero attached hydrogens (tertiary/aromatic N) is 1. The summed E-state index contributed by atoms with van der Waals surface area (Å²) in [7, 11) is 0. The van der Waals surface area contributed by atoms with E-state index in [1.807, 2.05) is 6.07 Å². The number of carbonyl (C=O) groups excluding carboxylic acids is 1. The molecule has 0 saturated carbocycles. The molecule has 28 heavy (non-hydrogen) atoms. The average Bonchev–Trinajstić information content (AvgIpc) is 2.67. The first-order valence-corrected chi connectivity index (χ1v) is 11.0. The molecule has 1 N–H and O–H groups in total. The Labute approximate surface area is 170 Å². The lowest BCUT2D eigenvalue weighted by molar-refractivity contribution is 0.101. The van der Waals surface area contributed by atoms with Crippen molar-refractivity contribution in [3.63, 3.8) is 0 Å². The fourth-order valence-electron chi connectivity index (χ4n) is 3.43. The van der Waals surface area contributed by atoms with Gasteiger partial charge in [-0.15, -0.1) is 0 Å². The Morgan fingerprint density at radius 1 is 1.00 bits per heavy atom. The van der Waals surface area contributed by atoms with E-state index in [0.717, 1.165) is 31.2 Å². The smallest absolute Gasteiger partial charge is 0.163 e. The molecule has 1 rings (SSSR count). The third-order valence-electron chi connectivity index (χ3n) is 5.06. The van der Waals surface area contributed by atoms with Crippen LogP contribution in [0.2, 0.25) is 0 Å². The van der Waals surface area contributed by atoms with Crippen molar-refractivity contribution in [2.24, 2.45) is 0 Å². The quantitative estimate of drug-likeness (QED) is 0.252. The molecule has 0 unspecified atom stereocenters. The van der Waals surface area contributed by atoms with Gasteiger partial charge in [0.25, 0.3) is 0 Å². The number of rotatable bonds is 16. The molecule has 0 fully saturated rings. The lowest BCUT2D eigenvalue weighted by atomic mass is 10.0. The summed E-state index contributed by atoms with van der Waals surface area (Å²) < 4.78 is 5.90. The third kappa shape index (κ3) is 9.26. The van der Waals surface area contributed by atoms with Gasteiger partial charge in [0, 0.05) is 12.0 Å². The second-order valence-electron chi connectivity index (χ2n) is 7.54. The first-order valence-electron chi connectivity index (χ1n) is 11.0. The maximum absolute atomic E-state index is 11.6. The Balaban J connectivity index is 2.19. The Hall–Kier alpha value is -2.02. The molecular weight excluding hydrogens is 350 g/mol. The highest BCUT2D eigenvalue weighted by atomic mass is 16.5. The number of hydrogen-bond donors (Lipinski definition) is 1. The predicted octanol–water partition coefficient (Wildman–Crippen LogP) is 6.74. The molecular formula is C24H37NO3. The normalized spacial score (nSPS) is 10.6. The van der Waals surface area contributed by atoms with Crippen LogP contribution < -0.4 is 4.74 Å². The molecule has 0 heterocycles. The van der Waals surface area contributed by atoms with Crippen LogP contribution in [0, 0.1) is 11.3 Å². The van der Waals surface area contributed by atoms with Gasteiger partial charge in [-0.1, -0.05) is 64.7 Å². The highest BCUT2D eigenvalue weighted by Crippen LogP contribution is 2.33. The van der Waals surface area contributed by atoms with Gasteiger partial charge in [-0.3, -0.25) is 4.79 Å². The second kappa shape index (κ2) is 15.0. The van der Waals surface area contributed by atoms with Crippen molar-refractivity contribution in [2.45, 2.75) is 97.3 Å². The average molecular weight is 388 g/mol. The number of carbonyl (C=O) groups is 1. The van der Waals surface area contributed by atoms with E-state index in [0.29, 0.717) is 30.8 Å². The van der Waals surface area contributed by atoms with Gasteiger partial charge >= 0.3 is 0 Å². The van der Waals surface area contributed by atoms with Gasteiger partial charge in [-0.2, -0.15) is 5.26 Å². The summed E-state index contributed by atoms with van der Waals surface area (Å²) in [4.78, 5) is 11.6.